The fraction of sp³-hybridized carbons (Fsp3) is 0.385. The van der Waals surface area contributed by atoms with E-state index in [1.165, 1.54) is 23.5 Å². The molecule has 0 fully saturated rings. The van der Waals surface area contributed by atoms with Crippen LogP contribution in [0.4, 0.5) is 9.18 Å². The Labute approximate surface area is 124 Å². The molecule has 1 aromatic carbocycles. The number of ether oxygens (including phenoxy) is 1. The van der Waals surface area contributed by atoms with E-state index in [9.17, 15) is 9.18 Å². The Morgan fingerprint density at radius 1 is 1.60 bits per heavy atom. The average Bonchev–Trinajstić information content (AvgIpc) is 2.82. The zero-order chi connectivity index (χ0) is 14.5. The van der Waals surface area contributed by atoms with Crippen LogP contribution in [0.3, 0.4) is 0 Å². The molecule has 1 N–H and O–H groups in total. The maximum absolute atomic E-state index is 13.1. The molecule has 0 spiro atoms. The summed E-state index contributed by atoms with van der Waals surface area (Å²) in [5, 5.41) is 3.39. The highest BCUT2D eigenvalue weighted by Crippen LogP contribution is 2.26. The molecular formula is C13H14ClFN2O2S. The third kappa shape index (κ3) is 3.80. The number of alkyl carbamates (subject to hydrolysis) is 1. The van der Waals surface area contributed by atoms with Gasteiger partial charge in [-0.3, -0.25) is 0 Å². The van der Waals surface area contributed by atoms with Gasteiger partial charge in [0.2, 0.25) is 0 Å². The first kappa shape index (κ1) is 15.0. The predicted molar refractivity (Wildman–Crippen MR) is 77.8 cm³/mol. The van der Waals surface area contributed by atoms with Gasteiger partial charge in [0.25, 0.3) is 0 Å². The Kier molecular flexibility index (Phi) is 5.14. The van der Waals surface area contributed by atoms with Gasteiger partial charge in [0, 0.05) is 5.88 Å². The number of aromatic nitrogens is 1. The van der Waals surface area contributed by atoms with Crippen LogP contribution in [0, 0.1) is 5.82 Å². The number of thiazole rings is 1. The van der Waals surface area contributed by atoms with Crippen molar-refractivity contribution >= 4 is 39.2 Å². The molecule has 0 aliphatic heterocycles. The van der Waals surface area contributed by atoms with Crippen LogP contribution in [0.5, 0.6) is 0 Å². The summed E-state index contributed by atoms with van der Waals surface area (Å²) in [6.07, 6.45) is 0.108. The Morgan fingerprint density at radius 2 is 2.40 bits per heavy atom. The minimum atomic E-state index is -0.506. The van der Waals surface area contributed by atoms with Crippen LogP contribution in [0.2, 0.25) is 0 Å². The first-order valence-corrected chi connectivity index (χ1v) is 7.50. The average molecular weight is 317 g/mol. The van der Waals surface area contributed by atoms with Crippen LogP contribution in [-0.4, -0.2) is 23.6 Å². The summed E-state index contributed by atoms with van der Waals surface area (Å²) in [6, 6.07) is 4.13. The number of alkyl halides is 1. The van der Waals surface area contributed by atoms with Gasteiger partial charge in [-0.2, -0.15) is 0 Å². The van der Waals surface area contributed by atoms with E-state index < -0.39 is 6.09 Å². The Bertz CT molecular complexity index is 605. The number of benzene rings is 1. The van der Waals surface area contributed by atoms with Crippen LogP contribution in [0.25, 0.3) is 10.2 Å². The highest BCUT2D eigenvalue weighted by atomic mass is 35.5. The van der Waals surface area contributed by atoms with Gasteiger partial charge in [-0.25, -0.2) is 14.2 Å². The third-order valence-electron chi connectivity index (χ3n) is 2.58. The summed E-state index contributed by atoms with van der Waals surface area (Å²) in [5.41, 5.74) is 0.718. The fourth-order valence-corrected chi connectivity index (χ4v) is 2.70. The number of nitrogens with zero attached hydrogens (tertiary/aromatic N) is 1. The van der Waals surface area contributed by atoms with Crippen LogP contribution in [0.1, 0.15) is 24.4 Å². The van der Waals surface area contributed by atoms with Crippen molar-refractivity contribution in [2.45, 2.75) is 19.4 Å². The van der Waals surface area contributed by atoms with Crippen LogP contribution >= 0.6 is 22.9 Å². The van der Waals surface area contributed by atoms with Crippen molar-refractivity contribution in [1.29, 1.82) is 0 Å². The first-order chi connectivity index (χ1) is 9.60. The van der Waals surface area contributed by atoms with Crippen molar-refractivity contribution < 1.29 is 13.9 Å². The number of rotatable bonds is 5. The zero-order valence-corrected chi connectivity index (χ0v) is 12.4. The Morgan fingerprint density at radius 3 is 3.15 bits per heavy atom. The summed E-state index contributed by atoms with van der Waals surface area (Å²) in [6.45, 7) is 2.09. The maximum Gasteiger partial charge on any atom is 0.407 e. The number of halogens is 2. The molecule has 20 heavy (non-hydrogen) atoms. The number of carbonyl (C=O) groups excluding carboxylic acids is 1. The molecule has 1 unspecified atom stereocenters. The molecule has 108 valence electrons. The lowest BCUT2D eigenvalue weighted by Crippen LogP contribution is -2.27. The van der Waals surface area contributed by atoms with Crippen molar-refractivity contribution in [3.8, 4) is 0 Å². The molecule has 0 aliphatic rings. The topological polar surface area (TPSA) is 51.2 Å². The standard InChI is InChI=1S/C13H14ClFN2O2S/c1-8(16-13(18)19-6-2-5-14)12-17-10-4-3-9(15)7-11(10)20-12/h3-4,7-8H,2,5-6H2,1H3,(H,16,18). The van der Waals surface area contributed by atoms with Crippen LogP contribution in [-0.2, 0) is 4.74 Å². The van der Waals surface area contributed by atoms with Crippen LogP contribution < -0.4 is 5.32 Å². The summed E-state index contributed by atoms with van der Waals surface area (Å²) in [7, 11) is 0. The van der Waals surface area contributed by atoms with Gasteiger partial charge >= 0.3 is 6.09 Å². The highest BCUT2D eigenvalue weighted by Gasteiger charge is 2.15. The minimum Gasteiger partial charge on any atom is -0.450 e. The normalized spacial score (nSPS) is 12.3. The molecule has 1 aromatic heterocycles. The SMILES string of the molecule is CC(NC(=O)OCCCCl)c1nc2ccc(F)cc2s1. The molecule has 1 amide bonds. The largest absolute Gasteiger partial charge is 0.450 e. The lowest BCUT2D eigenvalue weighted by atomic mass is 10.3. The van der Waals surface area contributed by atoms with Gasteiger partial charge in [-0.1, -0.05) is 0 Å². The van der Waals surface area contributed by atoms with E-state index >= 15 is 0 Å². The molecule has 2 rings (SSSR count). The minimum absolute atomic E-state index is 0.285. The number of nitrogens with one attached hydrogen (secondary N) is 1. The lowest BCUT2D eigenvalue weighted by Gasteiger charge is -2.11. The second-order valence-corrected chi connectivity index (χ2v) is 5.65. The number of carbonyl (C=O) groups is 1. The van der Waals surface area contributed by atoms with Crippen LogP contribution in [0.15, 0.2) is 18.2 Å². The van der Waals surface area contributed by atoms with E-state index in [2.05, 4.69) is 10.3 Å². The zero-order valence-electron chi connectivity index (χ0n) is 10.9. The monoisotopic (exact) mass is 316 g/mol. The van der Waals surface area contributed by atoms with E-state index in [0.29, 0.717) is 17.3 Å². The Balaban J connectivity index is 2.00. The van der Waals surface area contributed by atoms with E-state index in [4.69, 9.17) is 16.3 Å². The first-order valence-electron chi connectivity index (χ1n) is 6.15. The van der Waals surface area contributed by atoms with E-state index in [0.717, 1.165) is 10.2 Å². The molecule has 1 atom stereocenters. The molecule has 2 aromatic rings. The van der Waals surface area contributed by atoms with Crippen molar-refractivity contribution in [2.24, 2.45) is 0 Å². The Hall–Kier alpha value is -1.40. The summed E-state index contributed by atoms with van der Waals surface area (Å²) in [4.78, 5) is 15.9. The van der Waals surface area contributed by atoms with E-state index in [-0.39, 0.29) is 18.5 Å². The molecule has 0 saturated carbocycles. The predicted octanol–water partition coefficient (Wildman–Crippen LogP) is 3.85. The van der Waals surface area contributed by atoms with E-state index in [1.807, 2.05) is 0 Å². The summed E-state index contributed by atoms with van der Waals surface area (Å²) >= 11 is 6.84. The molecule has 0 aliphatic carbocycles. The second kappa shape index (κ2) is 6.85. The van der Waals surface area contributed by atoms with Gasteiger partial charge in [-0.05, 0) is 31.5 Å². The summed E-state index contributed by atoms with van der Waals surface area (Å²) < 4.78 is 18.8. The smallest absolute Gasteiger partial charge is 0.407 e. The molecule has 7 heteroatoms. The van der Waals surface area contributed by atoms with Gasteiger partial charge in [-0.15, -0.1) is 22.9 Å². The third-order valence-corrected chi connectivity index (χ3v) is 4.05. The maximum atomic E-state index is 13.1. The molecule has 0 radical (unpaired) electrons. The molecule has 0 bridgehead atoms. The van der Waals surface area contributed by atoms with Crippen molar-refractivity contribution in [2.75, 3.05) is 12.5 Å². The number of amides is 1. The van der Waals surface area contributed by atoms with Crippen molar-refractivity contribution in [3.05, 3.63) is 29.0 Å². The number of hydrogen-bond donors (Lipinski definition) is 1. The quantitative estimate of drug-likeness (QED) is 0.673. The molecule has 0 saturated heterocycles. The van der Waals surface area contributed by atoms with Crippen molar-refractivity contribution in [1.82, 2.24) is 10.3 Å². The fourth-order valence-electron chi connectivity index (χ4n) is 1.60. The second-order valence-electron chi connectivity index (χ2n) is 4.21. The van der Waals surface area contributed by atoms with Gasteiger partial charge in [0.1, 0.15) is 10.8 Å². The van der Waals surface area contributed by atoms with Gasteiger partial charge in [0.15, 0.2) is 0 Å². The van der Waals surface area contributed by atoms with Gasteiger partial charge in [0.05, 0.1) is 22.9 Å². The highest BCUT2D eigenvalue weighted by molar-refractivity contribution is 7.18. The molecule has 1 heterocycles. The number of hydrogen-bond acceptors (Lipinski definition) is 4. The summed E-state index contributed by atoms with van der Waals surface area (Å²) in [5.74, 6) is 0.153. The molecule has 4 nitrogen and oxygen atoms in total. The lowest BCUT2D eigenvalue weighted by molar-refractivity contribution is 0.143. The van der Waals surface area contributed by atoms with E-state index in [1.54, 1.807) is 13.0 Å². The number of fused-ring (bicyclic) bond motifs is 1. The van der Waals surface area contributed by atoms with Crippen molar-refractivity contribution in [3.63, 3.8) is 0 Å². The molecular weight excluding hydrogens is 303 g/mol. The van der Waals surface area contributed by atoms with Gasteiger partial charge < -0.3 is 10.1 Å².